The summed E-state index contributed by atoms with van der Waals surface area (Å²) in [6.45, 7) is 0.774. The number of aromatic nitrogens is 2. The van der Waals surface area contributed by atoms with Crippen LogP contribution in [0.25, 0.3) is 22.5 Å². The summed E-state index contributed by atoms with van der Waals surface area (Å²) in [5.74, 6) is 0.418. The van der Waals surface area contributed by atoms with Crippen LogP contribution in [-0.2, 0) is 9.59 Å². The topological polar surface area (TPSA) is 84.0 Å². The molecule has 2 heterocycles. The van der Waals surface area contributed by atoms with Gasteiger partial charge in [-0.15, -0.1) is 22.7 Å². The number of hydrogen-bond acceptors (Lipinski definition) is 8. The second kappa shape index (κ2) is 12.7. The Morgan fingerprint density at radius 2 is 1.09 bits per heavy atom. The van der Waals surface area contributed by atoms with Crippen LogP contribution < -0.4 is 10.6 Å². The summed E-state index contributed by atoms with van der Waals surface area (Å²) < 4.78 is 1.72. The standard InChI is InChI=1S/C24H22N4O2S4/c29-21(15-33-23-27-19(13-31-23)17-7-3-1-4-8-17)25-11-12-26-22(30)16-34-24-28-20(14-32-24)18-9-5-2-6-10-18/h1-10,13-14H,11-12,15-16H2,(H,25,29)(H,26,30). The molecule has 0 atom stereocenters. The molecule has 0 bridgehead atoms. The summed E-state index contributed by atoms with van der Waals surface area (Å²) in [6, 6.07) is 19.9. The van der Waals surface area contributed by atoms with Gasteiger partial charge in [0, 0.05) is 35.0 Å². The van der Waals surface area contributed by atoms with E-state index in [1.165, 1.54) is 46.2 Å². The number of amides is 2. The van der Waals surface area contributed by atoms with Crippen molar-refractivity contribution >= 4 is 58.0 Å². The average molecular weight is 527 g/mol. The molecule has 6 nitrogen and oxygen atoms in total. The number of benzene rings is 2. The summed E-state index contributed by atoms with van der Waals surface area (Å²) in [4.78, 5) is 33.3. The van der Waals surface area contributed by atoms with Crippen molar-refractivity contribution in [2.75, 3.05) is 24.6 Å². The lowest BCUT2D eigenvalue weighted by Gasteiger charge is -2.06. The molecule has 34 heavy (non-hydrogen) atoms. The number of rotatable bonds is 11. The molecule has 2 amide bonds. The van der Waals surface area contributed by atoms with Crippen molar-refractivity contribution in [3.8, 4) is 22.5 Å². The van der Waals surface area contributed by atoms with Gasteiger partial charge in [-0.25, -0.2) is 9.97 Å². The van der Waals surface area contributed by atoms with E-state index in [2.05, 4.69) is 20.6 Å². The van der Waals surface area contributed by atoms with Gasteiger partial charge in [0.25, 0.3) is 0 Å². The van der Waals surface area contributed by atoms with Gasteiger partial charge in [0.15, 0.2) is 8.68 Å². The van der Waals surface area contributed by atoms with Gasteiger partial charge in [-0.1, -0.05) is 84.2 Å². The van der Waals surface area contributed by atoms with Crippen LogP contribution in [0.5, 0.6) is 0 Å². The van der Waals surface area contributed by atoms with Crippen molar-refractivity contribution in [3.63, 3.8) is 0 Å². The number of thiazole rings is 2. The second-order valence-corrected chi connectivity index (χ2v) is 11.2. The lowest BCUT2D eigenvalue weighted by Crippen LogP contribution is -2.36. The number of thioether (sulfide) groups is 2. The fourth-order valence-electron chi connectivity index (χ4n) is 2.89. The zero-order chi connectivity index (χ0) is 23.6. The third-order valence-corrected chi connectivity index (χ3v) is 8.57. The zero-order valence-electron chi connectivity index (χ0n) is 18.1. The molecule has 0 spiro atoms. The molecule has 0 saturated heterocycles. The third kappa shape index (κ3) is 7.42. The molecule has 2 aromatic heterocycles. The molecule has 4 aromatic rings. The SMILES string of the molecule is O=C(CSc1nc(-c2ccccc2)cs1)NCCNC(=O)CSc1nc(-c2ccccc2)cs1. The van der Waals surface area contributed by atoms with Crippen LogP contribution in [0.4, 0.5) is 0 Å². The fourth-order valence-corrected chi connectivity index (χ4v) is 6.22. The Labute approximate surface area is 214 Å². The van der Waals surface area contributed by atoms with Crippen LogP contribution >= 0.6 is 46.2 Å². The van der Waals surface area contributed by atoms with Crippen molar-refractivity contribution < 1.29 is 9.59 Å². The molecule has 0 saturated carbocycles. The predicted octanol–water partition coefficient (Wildman–Crippen LogP) is 5.05. The van der Waals surface area contributed by atoms with Gasteiger partial charge >= 0.3 is 0 Å². The normalized spacial score (nSPS) is 10.7. The van der Waals surface area contributed by atoms with Gasteiger partial charge < -0.3 is 10.6 Å². The predicted molar refractivity (Wildman–Crippen MR) is 143 cm³/mol. The number of nitrogens with zero attached hydrogens (tertiary/aromatic N) is 2. The lowest BCUT2D eigenvalue weighted by molar-refractivity contribution is -0.120. The number of carbonyl (C=O) groups excluding carboxylic acids is 2. The Kier molecular flexibility index (Phi) is 9.14. The van der Waals surface area contributed by atoms with E-state index in [4.69, 9.17) is 0 Å². The molecule has 0 radical (unpaired) electrons. The average Bonchev–Trinajstić information content (AvgIpc) is 3.55. The molecule has 2 aromatic carbocycles. The van der Waals surface area contributed by atoms with Crippen LogP contribution in [0.15, 0.2) is 80.1 Å². The van der Waals surface area contributed by atoms with Crippen molar-refractivity contribution in [1.82, 2.24) is 20.6 Å². The highest BCUT2D eigenvalue weighted by Gasteiger charge is 2.10. The Morgan fingerprint density at radius 1 is 0.676 bits per heavy atom. The maximum absolute atomic E-state index is 12.1. The van der Waals surface area contributed by atoms with Crippen LogP contribution in [0.1, 0.15) is 0 Å². The van der Waals surface area contributed by atoms with Crippen molar-refractivity contribution in [2.24, 2.45) is 0 Å². The van der Waals surface area contributed by atoms with E-state index < -0.39 is 0 Å². The first kappa shape index (κ1) is 24.5. The maximum Gasteiger partial charge on any atom is 0.230 e. The van der Waals surface area contributed by atoms with Gasteiger partial charge in [-0.2, -0.15) is 0 Å². The van der Waals surface area contributed by atoms with Gasteiger partial charge in [0.1, 0.15) is 0 Å². The van der Waals surface area contributed by atoms with Gasteiger partial charge in [0.2, 0.25) is 11.8 Å². The van der Waals surface area contributed by atoms with Crippen molar-refractivity contribution in [2.45, 2.75) is 8.68 Å². The molecule has 0 aliphatic carbocycles. The summed E-state index contributed by atoms with van der Waals surface area (Å²) in [7, 11) is 0. The van der Waals surface area contributed by atoms with E-state index in [9.17, 15) is 9.59 Å². The largest absolute Gasteiger partial charge is 0.354 e. The molecular weight excluding hydrogens is 505 g/mol. The molecule has 0 fully saturated rings. The Morgan fingerprint density at radius 3 is 1.50 bits per heavy atom. The first-order chi connectivity index (χ1) is 16.7. The number of hydrogen-bond donors (Lipinski definition) is 2. The van der Waals surface area contributed by atoms with Gasteiger partial charge in [-0.3, -0.25) is 9.59 Å². The van der Waals surface area contributed by atoms with Crippen LogP contribution in [-0.4, -0.2) is 46.4 Å². The molecule has 0 aliphatic heterocycles. The van der Waals surface area contributed by atoms with E-state index in [0.29, 0.717) is 24.6 Å². The minimum absolute atomic E-state index is 0.0821. The molecule has 0 unspecified atom stereocenters. The van der Waals surface area contributed by atoms with Crippen LogP contribution in [0.2, 0.25) is 0 Å². The number of nitrogens with one attached hydrogen (secondary N) is 2. The van der Waals surface area contributed by atoms with E-state index >= 15 is 0 Å². The van der Waals surface area contributed by atoms with E-state index in [1.807, 2.05) is 71.4 Å². The van der Waals surface area contributed by atoms with Crippen LogP contribution in [0.3, 0.4) is 0 Å². The molecule has 174 valence electrons. The zero-order valence-corrected chi connectivity index (χ0v) is 21.4. The minimum Gasteiger partial charge on any atom is -0.354 e. The van der Waals surface area contributed by atoms with Gasteiger partial charge in [-0.05, 0) is 0 Å². The van der Waals surface area contributed by atoms with E-state index in [-0.39, 0.29) is 11.8 Å². The summed E-state index contributed by atoms with van der Waals surface area (Å²) in [6.07, 6.45) is 0. The summed E-state index contributed by atoms with van der Waals surface area (Å²) >= 11 is 5.89. The Bertz CT molecular complexity index is 1120. The number of carbonyl (C=O) groups is 2. The van der Waals surface area contributed by atoms with E-state index in [1.54, 1.807) is 0 Å². The molecular formula is C24H22N4O2S4. The highest BCUT2D eigenvalue weighted by molar-refractivity contribution is 8.01. The second-order valence-electron chi connectivity index (χ2n) is 7.01. The van der Waals surface area contributed by atoms with Crippen LogP contribution in [0, 0.1) is 0 Å². The lowest BCUT2D eigenvalue weighted by atomic mass is 10.2. The Hall–Kier alpha value is -2.66. The summed E-state index contributed by atoms with van der Waals surface area (Å²) in [5, 5.41) is 9.65. The quantitative estimate of drug-likeness (QED) is 0.210. The monoisotopic (exact) mass is 526 g/mol. The molecule has 0 aliphatic rings. The fraction of sp³-hybridized carbons (Fsp3) is 0.167. The Balaban J connectivity index is 1.09. The smallest absolute Gasteiger partial charge is 0.230 e. The molecule has 2 N–H and O–H groups in total. The molecule has 4 rings (SSSR count). The highest BCUT2D eigenvalue weighted by atomic mass is 32.2. The molecule has 10 heteroatoms. The minimum atomic E-state index is -0.0821. The highest BCUT2D eigenvalue weighted by Crippen LogP contribution is 2.29. The van der Waals surface area contributed by atoms with Crippen molar-refractivity contribution in [3.05, 3.63) is 71.4 Å². The first-order valence-corrected chi connectivity index (χ1v) is 14.2. The van der Waals surface area contributed by atoms with Gasteiger partial charge in [0.05, 0.1) is 22.9 Å². The summed E-state index contributed by atoms with van der Waals surface area (Å²) in [5.41, 5.74) is 3.97. The van der Waals surface area contributed by atoms with E-state index in [0.717, 1.165) is 31.2 Å². The maximum atomic E-state index is 12.1. The van der Waals surface area contributed by atoms with Crippen molar-refractivity contribution in [1.29, 1.82) is 0 Å². The third-order valence-electron chi connectivity index (χ3n) is 4.53. The first-order valence-electron chi connectivity index (χ1n) is 10.5.